The summed E-state index contributed by atoms with van der Waals surface area (Å²) in [5, 5.41) is 22.2. The first-order valence-corrected chi connectivity index (χ1v) is 11.0. The molecular weight excluding hydrogens is 414 g/mol. The average molecular weight is 434 g/mol. The van der Waals surface area contributed by atoms with Gasteiger partial charge in [0.1, 0.15) is 11.3 Å². The van der Waals surface area contributed by atoms with Crippen molar-refractivity contribution in [1.82, 2.24) is 15.2 Å². The molecule has 150 valence electrons. The van der Waals surface area contributed by atoms with Gasteiger partial charge in [0.25, 0.3) is 0 Å². The van der Waals surface area contributed by atoms with Gasteiger partial charge in [-0.25, -0.2) is 0 Å². The number of hydrogen-bond donors (Lipinski definition) is 2. The second kappa shape index (κ2) is 7.94. The van der Waals surface area contributed by atoms with Crippen molar-refractivity contribution in [2.75, 3.05) is 7.05 Å². The highest BCUT2D eigenvalue weighted by atomic mass is 32.2. The smallest absolute Gasteiger partial charge is 0.245 e. The summed E-state index contributed by atoms with van der Waals surface area (Å²) in [6.45, 7) is 1.96. The molecule has 6 nitrogen and oxygen atoms in total. The number of hydrogen-bond acceptors (Lipinski definition) is 6. The zero-order valence-electron chi connectivity index (χ0n) is 16.4. The summed E-state index contributed by atoms with van der Waals surface area (Å²) in [4.78, 5) is 20.6. The van der Waals surface area contributed by atoms with E-state index in [1.165, 1.54) is 34.2 Å². The van der Waals surface area contributed by atoms with Gasteiger partial charge < -0.3 is 5.32 Å². The Morgan fingerprint density at radius 2 is 2.03 bits per heavy atom. The molecule has 1 fully saturated rings. The van der Waals surface area contributed by atoms with Crippen LogP contribution in [0.3, 0.4) is 0 Å². The fourth-order valence-electron chi connectivity index (χ4n) is 3.34. The molecule has 0 radical (unpaired) electrons. The van der Waals surface area contributed by atoms with E-state index < -0.39 is 10.8 Å². The zero-order chi connectivity index (χ0) is 21.3. The molecule has 4 rings (SSSR count). The van der Waals surface area contributed by atoms with E-state index in [2.05, 4.69) is 16.4 Å². The third-order valence-electron chi connectivity index (χ3n) is 5.10. The van der Waals surface area contributed by atoms with Crippen LogP contribution < -0.4 is 5.32 Å². The molecule has 1 saturated heterocycles. The zero-order valence-corrected chi connectivity index (χ0v) is 18.1. The van der Waals surface area contributed by atoms with Gasteiger partial charge in [0.15, 0.2) is 5.96 Å². The summed E-state index contributed by atoms with van der Waals surface area (Å²) in [5.41, 5.74) is 1.52. The maximum Gasteiger partial charge on any atom is 0.245 e. The molecule has 0 unspecified atom stereocenters. The van der Waals surface area contributed by atoms with Crippen LogP contribution in [0.25, 0.3) is 11.1 Å². The summed E-state index contributed by atoms with van der Waals surface area (Å²) < 4.78 is 0. The molecule has 3 heterocycles. The lowest BCUT2D eigenvalue weighted by atomic mass is 9.91. The second-order valence-corrected chi connectivity index (χ2v) is 9.25. The molecule has 0 saturated carbocycles. The number of thioether (sulfide) groups is 1. The first-order chi connectivity index (χ1) is 14.4. The fourth-order valence-corrected chi connectivity index (χ4v) is 5.75. The third kappa shape index (κ3) is 3.58. The molecule has 1 amide bonds. The van der Waals surface area contributed by atoms with Crippen LogP contribution in [0, 0.1) is 16.7 Å². The minimum atomic E-state index is -0.760. The van der Waals surface area contributed by atoms with Crippen molar-refractivity contribution < 1.29 is 4.79 Å². The summed E-state index contributed by atoms with van der Waals surface area (Å²) in [7, 11) is 1.62. The molecule has 1 aromatic carbocycles. The van der Waals surface area contributed by atoms with Crippen molar-refractivity contribution in [2.24, 2.45) is 0 Å². The van der Waals surface area contributed by atoms with Crippen LogP contribution >= 0.6 is 23.1 Å². The van der Waals surface area contributed by atoms with Gasteiger partial charge in [0, 0.05) is 34.8 Å². The molecule has 30 heavy (non-hydrogen) atoms. The molecule has 1 aliphatic heterocycles. The van der Waals surface area contributed by atoms with Crippen LogP contribution in [0.2, 0.25) is 0 Å². The number of rotatable bonds is 4. The number of carbonyl (C=O) groups excluding carboxylic acids is 1. The first-order valence-electron chi connectivity index (χ1n) is 9.23. The fraction of sp³-hybridized carbons (Fsp3) is 0.182. The number of guanidine groups is 1. The highest BCUT2D eigenvalue weighted by molar-refractivity contribution is 8.00. The maximum atomic E-state index is 13.2. The highest BCUT2D eigenvalue weighted by Crippen LogP contribution is 2.43. The van der Waals surface area contributed by atoms with Gasteiger partial charge in [-0.15, -0.1) is 23.1 Å². The highest BCUT2D eigenvalue weighted by Gasteiger charge is 2.49. The lowest BCUT2D eigenvalue weighted by Crippen LogP contribution is -2.65. The number of thiophene rings is 1. The molecule has 2 atom stereocenters. The normalized spacial score (nSPS) is 21.2. The Morgan fingerprint density at radius 1 is 1.27 bits per heavy atom. The molecule has 3 aromatic rings. The van der Waals surface area contributed by atoms with E-state index in [-0.39, 0.29) is 11.9 Å². The van der Waals surface area contributed by atoms with Crippen molar-refractivity contribution in [2.45, 2.75) is 22.6 Å². The summed E-state index contributed by atoms with van der Waals surface area (Å²) in [6, 6.07) is 15.7. The van der Waals surface area contributed by atoms with E-state index in [9.17, 15) is 4.79 Å². The molecule has 0 bridgehead atoms. The van der Waals surface area contributed by atoms with Gasteiger partial charge in [-0.3, -0.25) is 20.1 Å². The van der Waals surface area contributed by atoms with E-state index in [1.54, 1.807) is 19.3 Å². The van der Waals surface area contributed by atoms with E-state index in [0.717, 1.165) is 20.9 Å². The van der Waals surface area contributed by atoms with E-state index in [0.29, 0.717) is 5.56 Å². The Kier molecular flexibility index (Phi) is 5.33. The Bertz CT molecular complexity index is 1150. The lowest BCUT2D eigenvalue weighted by molar-refractivity contribution is -0.128. The largest absolute Gasteiger partial charge is 0.344 e. The summed E-state index contributed by atoms with van der Waals surface area (Å²) >= 11 is 3.02. The Labute approximate surface area is 183 Å². The van der Waals surface area contributed by atoms with Crippen molar-refractivity contribution >= 4 is 35.0 Å². The predicted octanol–water partition coefficient (Wildman–Crippen LogP) is 4.05. The standard InChI is InChI=1S/C22H19N5OS2/c1-22(18-9-16(13-29-18)15-8-14(10-23)11-25-12-15)19(20(28)27(2)21(24)26-22)30-17-6-4-3-5-7-17/h3-9,11-13,19H,1-2H3,(H2,24,26)/t19-,22-/m1/s1. The number of benzene rings is 1. The van der Waals surface area contributed by atoms with E-state index in [4.69, 9.17) is 10.7 Å². The van der Waals surface area contributed by atoms with Gasteiger partial charge in [-0.1, -0.05) is 18.2 Å². The van der Waals surface area contributed by atoms with Crippen molar-refractivity contribution in [3.05, 3.63) is 70.7 Å². The molecular formula is C22H19N5OS2. The van der Waals surface area contributed by atoms with Crippen molar-refractivity contribution in [3.63, 3.8) is 0 Å². The number of nitrogens with one attached hydrogen (secondary N) is 2. The maximum absolute atomic E-state index is 13.2. The van der Waals surface area contributed by atoms with Crippen LogP contribution in [-0.4, -0.2) is 34.0 Å². The molecule has 2 N–H and O–H groups in total. The second-order valence-electron chi connectivity index (χ2n) is 7.16. The van der Waals surface area contributed by atoms with Crippen LogP contribution in [0.5, 0.6) is 0 Å². The number of carbonyl (C=O) groups is 1. The van der Waals surface area contributed by atoms with Crippen LogP contribution in [0.4, 0.5) is 0 Å². The SMILES string of the molecule is CN1C(=N)N[C@](C)(c2cc(-c3cncc(C#N)c3)cs2)[C@H](Sc2ccccc2)C1=O. The van der Waals surface area contributed by atoms with E-state index in [1.807, 2.05) is 48.7 Å². The monoisotopic (exact) mass is 433 g/mol. The Hall–Kier alpha value is -3.15. The topological polar surface area (TPSA) is 92.9 Å². The van der Waals surface area contributed by atoms with Gasteiger partial charge in [0.2, 0.25) is 5.91 Å². The quantitative estimate of drug-likeness (QED) is 0.647. The van der Waals surface area contributed by atoms with Gasteiger partial charge in [-0.2, -0.15) is 5.26 Å². The number of pyridine rings is 1. The molecule has 1 aliphatic rings. The number of nitriles is 1. The summed E-state index contributed by atoms with van der Waals surface area (Å²) in [5.74, 6) is -0.0336. The molecule has 8 heteroatoms. The van der Waals surface area contributed by atoms with E-state index >= 15 is 0 Å². The number of nitrogens with zero attached hydrogens (tertiary/aromatic N) is 3. The third-order valence-corrected chi connectivity index (χ3v) is 7.72. The van der Waals surface area contributed by atoms with Crippen molar-refractivity contribution in [1.29, 1.82) is 10.7 Å². The Balaban J connectivity index is 1.74. The van der Waals surface area contributed by atoms with Crippen LogP contribution in [0.1, 0.15) is 17.4 Å². The van der Waals surface area contributed by atoms with Crippen LogP contribution in [-0.2, 0) is 10.3 Å². The van der Waals surface area contributed by atoms with Crippen LogP contribution in [0.15, 0.2) is 65.1 Å². The number of aromatic nitrogens is 1. The minimum absolute atomic E-state index is 0.0792. The van der Waals surface area contributed by atoms with Gasteiger partial charge in [0.05, 0.1) is 11.1 Å². The van der Waals surface area contributed by atoms with Gasteiger partial charge in [-0.05, 0) is 42.1 Å². The average Bonchev–Trinajstić information content (AvgIpc) is 3.27. The minimum Gasteiger partial charge on any atom is -0.344 e. The van der Waals surface area contributed by atoms with Gasteiger partial charge >= 0.3 is 0 Å². The first kappa shape index (κ1) is 20.1. The summed E-state index contributed by atoms with van der Waals surface area (Å²) in [6.07, 6.45) is 3.25. The lowest BCUT2D eigenvalue weighted by Gasteiger charge is -2.44. The molecule has 2 aromatic heterocycles. The molecule has 0 spiro atoms. The Morgan fingerprint density at radius 3 is 2.77 bits per heavy atom. The predicted molar refractivity (Wildman–Crippen MR) is 119 cm³/mol. The molecule has 0 aliphatic carbocycles. The van der Waals surface area contributed by atoms with Crippen molar-refractivity contribution in [3.8, 4) is 17.2 Å². The number of amides is 1.